The minimum atomic E-state index is -3.41. The van der Waals surface area contributed by atoms with Gasteiger partial charge in [0.1, 0.15) is 0 Å². The highest BCUT2D eigenvalue weighted by Crippen LogP contribution is 2.13. The zero-order valence-corrected chi connectivity index (χ0v) is 14.3. The van der Waals surface area contributed by atoms with Crippen molar-refractivity contribution in [1.82, 2.24) is 19.5 Å². The van der Waals surface area contributed by atoms with Crippen LogP contribution in [0.5, 0.6) is 0 Å². The topological polar surface area (TPSA) is 66.4 Å². The van der Waals surface area contributed by atoms with Crippen molar-refractivity contribution in [2.75, 3.05) is 33.2 Å². The highest BCUT2D eigenvalue weighted by molar-refractivity contribution is 7.89. The molecule has 0 aliphatic rings. The summed E-state index contributed by atoms with van der Waals surface area (Å²) in [6, 6.07) is 1.71. The number of rotatable bonds is 10. The summed E-state index contributed by atoms with van der Waals surface area (Å²) in [6.45, 7) is 8.24. The SMILES string of the molecule is CCN(CC)CCCNS(=O)(=O)c1cc(CNC)n(C)c1. The van der Waals surface area contributed by atoms with E-state index < -0.39 is 10.0 Å². The van der Waals surface area contributed by atoms with Crippen molar-refractivity contribution in [2.24, 2.45) is 7.05 Å². The molecule has 0 saturated carbocycles. The molecule has 1 rings (SSSR count). The van der Waals surface area contributed by atoms with Crippen molar-refractivity contribution < 1.29 is 8.42 Å². The Morgan fingerprint density at radius 3 is 2.52 bits per heavy atom. The summed E-state index contributed by atoms with van der Waals surface area (Å²) in [5, 5.41) is 3.03. The first-order valence-corrected chi connectivity index (χ1v) is 8.94. The average molecular weight is 316 g/mol. The molecule has 0 spiro atoms. The second-order valence-electron chi connectivity index (χ2n) is 5.09. The van der Waals surface area contributed by atoms with Crippen molar-refractivity contribution >= 4 is 10.0 Å². The van der Waals surface area contributed by atoms with Crippen LogP contribution in [-0.4, -0.2) is 51.1 Å². The zero-order valence-electron chi connectivity index (χ0n) is 13.5. The number of nitrogens with zero attached hydrogens (tertiary/aromatic N) is 2. The maximum atomic E-state index is 12.2. The average Bonchev–Trinajstić information content (AvgIpc) is 2.82. The maximum absolute atomic E-state index is 12.2. The zero-order chi connectivity index (χ0) is 15.9. The Morgan fingerprint density at radius 1 is 1.29 bits per heavy atom. The van der Waals surface area contributed by atoms with Crippen molar-refractivity contribution in [2.45, 2.75) is 31.7 Å². The summed E-state index contributed by atoms with van der Waals surface area (Å²) in [5.41, 5.74) is 0.945. The Kier molecular flexibility index (Phi) is 7.37. The lowest BCUT2D eigenvalue weighted by atomic mass is 10.4. The van der Waals surface area contributed by atoms with Crippen LogP contribution in [-0.2, 0) is 23.6 Å². The molecule has 2 N–H and O–H groups in total. The van der Waals surface area contributed by atoms with Crippen LogP contribution in [0.3, 0.4) is 0 Å². The first kappa shape index (κ1) is 18.2. The number of hydrogen-bond acceptors (Lipinski definition) is 4. The van der Waals surface area contributed by atoms with Gasteiger partial charge in [-0.3, -0.25) is 0 Å². The van der Waals surface area contributed by atoms with Gasteiger partial charge in [0.15, 0.2) is 0 Å². The van der Waals surface area contributed by atoms with Gasteiger partial charge in [-0.05, 0) is 39.2 Å². The van der Waals surface area contributed by atoms with E-state index in [9.17, 15) is 8.42 Å². The van der Waals surface area contributed by atoms with Crippen LogP contribution < -0.4 is 10.0 Å². The van der Waals surface area contributed by atoms with Crippen molar-refractivity contribution in [1.29, 1.82) is 0 Å². The van der Waals surface area contributed by atoms with Crippen LogP contribution in [0.25, 0.3) is 0 Å². The third-order valence-corrected chi connectivity index (χ3v) is 5.02. The molecule has 0 aliphatic heterocycles. The van der Waals surface area contributed by atoms with E-state index in [0.717, 1.165) is 31.7 Å². The summed E-state index contributed by atoms with van der Waals surface area (Å²) in [5.74, 6) is 0. The molecular formula is C14H28N4O2S. The quantitative estimate of drug-likeness (QED) is 0.625. The molecule has 122 valence electrons. The van der Waals surface area contributed by atoms with Crippen molar-refractivity contribution in [3.8, 4) is 0 Å². The van der Waals surface area contributed by atoms with Crippen LogP contribution in [0.2, 0.25) is 0 Å². The fourth-order valence-corrected chi connectivity index (χ4v) is 3.38. The lowest BCUT2D eigenvalue weighted by Gasteiger charge is -2.17. The van der Waals surface area contributed by atoms with Crippen LogP contribution in [0.15, 0.2) is 17.2 Å². The van der Waals surface area contributed by atoms with Crippen LogP contribution in [0.1, 0.15) is 26.0 Å². The Hall–Kier alpha value is -0.890. The fraction of sp³-hybridized carbons (Fsp3) is 0.714. The largest absolute Gasteiger partial charge is 0.352 e. The Balaban J connectivity index is 2.55. The minimum Gasteiger partial charge on any atom is -0.352 e. The monoisotopic (exact) mass is 316 g/mol. The molecule has 1 heterocycles. The van der Waals surface area contributed by atoms with E-state index in [4.69, 9.17) is 0 Å². The summed E-state index contributed by atoms with van der Waals surface area (Å²) >= 11 is 0. The molecule has 0 fully saturated rings. The van der Waals surface area contributed by atoms with Crippen molar-refractivity contribution in [3.63, 3.8) is 0 Å². The number of aryl methyl sites for hydroxylation is 1. The second kappa shape index (κ2) is 8.53. The van der Waals surface area contributed by atoms with Crippen LogP contribution in [0, 0.1) is 0 Å². The van der Waals surface area contributed by atoms with E-state index in [1.54, 1.807) is 12.3 Å². The van der Waals surface area contributed by atoms with E-state index in [0.29, 0.717) is 18.0 Å². The third-order valence-electron chi connectivity index (χ3n) is 3.59. The van der Waals surface area contributed by atoms with Gasteiger partial charge in [0.05, 0.1) is 4.90 Å². The van der Waals surface area contributed by atoms with Crippen LogP contribution >= 0.6 is 0 Å². The molecule has 1 aromatic heterocycles. The predicted molar refractivity (Wildman–Crippen MR) is 85.8 cm³/mol. The van der Waals surface area contributed by atoms with Gasteiger partial charge >= 0.3 is 0 Å². The maximum Gasteiger partial charge on any atom is 0.242 e. The molecule has 0 bridgehead atoms. The molecule has 6 nitrogen and oxygen atoms in total. The van der Waals surface area contributed by atoms with E-state index in [1.165, 1.54) is 0 Å². The molecular weight excluding hydrogens is 288 g/mol. The number of sulfonamides is 1. The molecule has 0 atom stereocenters. The molecule has 0 saturated heterocycles. The number of nitrogens with one attached hydrogen (secondary N) is 2. The summed E-state index contributed by atoms with van der Waals surface area (Å²) in [6.07, 6.45) is 2.47. The van der Waals surface area contributed by atoms with E-state index in [2.05, 4.69) is 28.8 Å². The van der Waals surface area contributed by atoms with Gasteiger partial charge in [0.25, 0.3) is 0 Å². The molecule has 0 unspecified atom stereocenters. The lowest BCUT2D eigenvalue weighted by Crippen LogP contribution is -2.29. The van der Waals surface area contributed by atoms with E-state index >= 15 is 0 Å². The molecule has 1 aromatic rings. The summed E-state index contributed by atoms with van der Waals surface area (Å²) in [7, 11) is 0.284. The Labute approximate surface area is 128 Å². The number of hydrogen-bond donors (Lipinski definition) is 2. The number of aromatic nitrogens is 1. The van der Waals surface area contributed by atoms with Gasteiger partial charge < -0.3 is 14.8 Å². The first-order valence-electron chi connectivity index (χ1n) is 7.46. The lowest BCUT2D eigenvalue weighted by molar-refractivity contribution is 0.300. The highest BCUT2D eigenvalue weighted by atomic mass is 32.2. The molecule has 0 amide bonds. The van der Waals surface area contributed by atoms with E-state index in [1.807, 2.05) is 18.7 Å². The Bertz CT molecular complexity index is 521. The fourth-order valence-electron chi connectivity index (χ4n) is 2.21. The molecule has 0 aliphatic carbocycles. The minimum absolute atomic E-state index is 0.332. The third kappa shape index (κ3) is 5.43. The molecule has 21 heavy (non-hydrogen) atoms. The predicted octanol–water partition coefficient (Wildman–Crippen LogP) is 0.755. The van der Waals surface area contributed by atoms with Crippen molar-refractivity contribution in [3.05, 3.63) is 18.0 Å². The first-order chi connectivity index (χ1) is 9.94. The van der Waals surface area contributed by atoms with Gasteiger partial charge in [-0.25, -0.2) is 13.1 Å². The molecule has 0 radical (unpaired) electrons. The standard InChI is InChI=1S/C14H28N4O2S/c1-5-18(6-2)9-7-8-16-21(19,20)14-10-13(11-15-3)17(4)12-14/h10,12,15-16H,5-9,11H2,1-4H3. The van der Waals surface area contributed by atoms with Gasteiger partial charge in [-0.15, -0.1) is 0 Å². The smallest absolute Gasteiger partial charge is 0.242 e. The summed E-state index contributed by atoms with van der Waals surface area (Å²) in [4.78, 5) is 2.61. The van der Waals surface area contributed by atoms with E-state index in [-0.39, 0.29) is 0 Å². The normalized spacial score (nSPS) is 12.2. The molecule has 7 heteroatoms. The van der Waals surface area contributed by atoms with Gasteiger partial charge in [0.2, 0.25) is 10.0 Å². The second-order valence-corrected chi connectivity index (χ2v) is 6.85. The molecule has 0 aromatic carbocycles. The Morgan fingerprint density at radius 2 is 1.95 bits per heavy atom. The van der Waals surface area contributed by atoms with Crippen LogP contribution in [0.4, 0.5) is 0 Å². The van der Waals surface area contributed by atoms with Gasteiger partial charge in [-0.2, -0.15) is 0 Å². The van der Waals surface area contributed by atoms with Gasteiger partial charge in [0, 0.05) is 32.0 Å². The highest BCUT2D eigenvalue weighted by Gasteiger charge is 2.16. The summed E-state index contributed by atoms with van der Waals surface area (Å²) < 4.78 is 29.0. The van der Waals surface area contributed by atoms with Gasteiger partial charge in [-0.1, -0.05) is 13.8 Å².